The molecule has 0 saturated heterocycles. The lowest BCUT2D eigenvalue weighted by Crippen LogP contribution is -2.43. The van der Waals surface area contributed by atoms with Crippen LogP contribution in [-0.4, -0.2) is 51.5 Å². The van der Waals surface area contributed by atoms with Gasteiger partial charge in [-0.3, -0.25) is 4.79 Å². The highest BCUT2D eigenvalue weighted by molar-refractivity contribution is 5.83. The van der Waals surface area contributed by atoms with Gasteiger partial charge in [0.05, 0.1) is 14.2 Å². The van der Waals surface area contributed by atoms with Crippen LogP contribution in [0.15, 0.2) is 128 Å². The Balaban J connectivity index is 1.14. The van der Waals surface area contributed by atoms with Crippen molar-refractivity contribution >= 4 is 18.0 Å². The summed E-state index contributed by atoms with van der Waals surface area (Å²) in [5, 5.41) is 2.61. The van der Waals surface area contributed by atoms with Gasteiger partial charge in [0, 0.05) is 24.0 Å². The summed E-state index contributed by atoms with van der Waals surface area (Å²) in [5.41, 5.74) is 7.73. The molecule has 10 heteroatoms. The van der Waals surface area contributed by atoms with Gasteiger partial charge in [-0.1, -0.05) is 103 Å². The normalized spacial score (nSPS) is 12.6. The van der Waals surface area contributed by atoms with Gasteiger partial charge in [0.25, 0.3) is 0 Å². The first-order valence-corrected chi connectivity index (χ1v) is 18.4. The van der Waals surface area contributed by atoms with E-state index in [9.17, 15) is 14.4 Å². The molecule has 56 heavy (non-hydrogen) atoms. The molecule has 0 bridgehead atoms. The molecule has 0 aliphatic heterocycles. The maximum absolute atomic E-state index is 13.6. The highest BCUT2D eigenvalue weighted by Crippen LogP contribution is 2.44. The molecule has 1 amide bonds. The minimum Gasteiger partial charge on any atom is -0.497 e. The fourth-order valence-electron chi connectivity index (χ4n) is 6.66. The van der Waals surface area contributed by atoms with Gasteiger partial charge in [0.15, 0.2) is 6.10 Å². The molecule has 1 aliphatic carbocycles. The molecular weight excluding hydrogens is 711 g/mol. The molecule has 0 unspecified atom stereocenters. The van der Waals surface area contributed by atoms with E-state index in [1.54, 1.807) is 25.3 Å². The number of carbonyl (C=O) groups excluding carboxylic acids is 3. The lowest BCUT2D eigenvalue weighted by Gasteiger charge is -2.23. The third kappa shape index (κ3) is 9.57. The number of methoxy groups -OCH3 is 2. The molecule has 1 aliphatic rings. The number of hydrogen-bond acceptors (Lipinski definition) is 9. The number of ether oxygens (including phenoxy) is 6. The number of nitrogens with one attached hydrogen (secondary N) is 1. The maximum atomic E-state index is 13.6. The molecule has 0 aromatic heterocycles. The second-order valence-corrected chi connectivity index (χ2v) is 13.3. The number of carbonyl (C=O) groups is 3. The van der Waals surface area contributed by atoms with Gasteiger partial charge in [-0.25, -0.2) is 9.59 Å². The smallest absolute Gasteiger partial charge is 0.407 e. The monoisotopic (exact) mass is 755 g/mol. The van der Waals surface area contributed by atoms with Gasteiger partial charge in [0.2, 0.25) is 0 Å². The van der Waals surface area contributed by atoms with Crippen LogP contribution in [0.2, 0.25) is 0 Å². The summed E-state index contributed by atoms with van der Waals surface area (Å²) in [7, 11) is 3.07. The van der Waals surface area contributed by atoms with E-state index in [1.807, 2.05) is 104 Å². The fourth-order valence-corrected chi connectivity index (χ4v) is 6.66. The summed E-state index contributed by atoms with van der Waals surface area (Å²) in [4.78, 5) is 39.9. The Labute approximate surface area is 327 Å². The van der Waals surface area contributed by atoms with Gasteiger partial charge in [-0.15, -0.1) is 0 Å². The Morgan fingerprint density at radius 1 is 0.786 bits per heavy atom. The third-order valence-corrected chi connectivity index (χ3v) is 9.58. The van der Waals surface area contributed by atoms with E-state index in [2.05, 4.69) is 11.9 Å². The van der Waals surface area contributed by atoms with Crippen LogP contribution in [0.25, 0.3) is 11.1 Å². The molecule has 2 atom stereocenters. The first-order chi connectivity index (χ1) is 27.3. The molecule has 0 spiro atoms. The van der Waals surface area contributed by atoms with E-state index in [1.165, 1.54) is 18.7 Å². The molecule has 5 aromatic rings. The van der Waals surface area contributed by atoms with Crippen molar-refractivity contribution in [3.8, 4) is 28.4 Å². The predicted octanol–water partition coefficient (Wildman–Crippen LogP) is 8.64. The Morgan fingerprint density at radius 3 is 2.09 bits per heavy atom. The SMILES string of the molecule is C=CCOC(=O)[C@H](CCC(=O)O[C@H](c1ccc(OCc2ccc(C)cc2)cc1)c1ccc(OC)cc1OC)NC(=O)OCC1c2ccccc2-c2ccccc21. The molecule has 0 fully saturated rings. The highest BCUT2D eigenvalue weighted by atomic mass is 16.6. The molecule has 5 aromatic carbocycles. The number of alkyl carbamates (subject to hydrolysis) is 1. The molecule has 6 rings (SSSR count). The zero-order valence-corrected chi connectivity index (χ0v) is 31.7. The largest absolute Gasteiger partial charge is 0.497 e. The van der Waals surface area contributed by atoms with Gasteiger partial charge in [-0.05, 0) is 71.0 Å². The van der Waals surface area contributed by atoms with Gasteiger partial charge in [0.1, 0.15) is 43.1 Å². The average Bonchev–Trinajstić information content (AvgIpc) is 3.55. The number of benzene rings is 5. The van der Waals surface area contributed by atoms with Crippen LogP contribution in [0.1, 0.15) is 58.2 Å². The second kappa shape index (κ2) is 18.7. The Kier molecular flexibility index (Phi) is 13.0. The zero-order chi connectivity index (χ0) is 39.4. The number of amides is 1. The molecule has 10 nitrogen and oxygen atoms in total. The van der Waals surface area contributed by atoms with Crippen LogP contribution in [0.5, 0.6) is 17.2 Å². The quantitative estimate of drug-likeness (QED) is 0.0565. The van der Waals surface area contributed by atoms with Crippen molar-refractivity contribution in [2.45, 2.75) is 44.4 Å². The van der Waals surface area contributed by atoms with Crippen LogP contribution in [0.3, 0.4) is 0 Å². The topological polar surface area (TPSA) is 119 Å². The summed E-state index contributed by atoms with van der Waals surface area (Å²) >= 11 is 0. The van der Waals surface area contributed by atoms with Gasteiger partial charge >= 0.3 is 18.0 Å². The van der Waals surface area contributed by atoms with E-state index in [4.69, 9.17) is 28.4 Å². The lowest BCUT2D eigenvalue weighted by atomic mass is 9.98. The molecule has 288 valence electrons. The first kappa shape index (κ1) is 39.2. The minimum absolute atomic E-state index is 0.0531. The van der Waals surface area contributed by atoms with Crippen molar-refractivity contribution in [3.05, 3.63) is 161 Å². The number of rotatable bonds is 17. The molecule has 1 N–H and O–H groups in total. The van der Waals surface area contributed by atoms with E-state index in [0.29, 0.717) is 35.0 Å². The predicted molar refractivity (Wildman–Crippen MR) is 212 cm³/mol. The minimum atomic E-state index is -1.20. The van der Waals surface area contributed by atoms with Crippen molar-refractivity contribution in [2.75, 3.05) is 27.4 Å². The fraction of sp³-hybridized carbons (Fsp3) is 0.239. The summed E-state index contributed by atoms with van der Waals surface area (Å²) < 4.78 is 34.1. The number of esters is 2. The number of aryl methyl sites for hydroxylation is 1. The first-order valence-electron chi connectivity index (χ1n) is 18.4. The van der Waals surface area contributed by atoms with Crippen molar-refractivity contribution in [2.24, 2.45) is 0 Å². The van der Waals surface area contributed by atoms with Gasteiger partial charge in [-0.2, -0.15) is 0 Å². The Bertz CT molecular complexity index is 2100. The van der Waals surface area contributed by atoms with Crippen LogP contribution < -0.4 is 19.5 Å². The van der Waals surface area contributed by atoms with Crippen LogP contribution in [0.4, 0.5) is 4.79 Å². The molecule has 0 heterocycles. The van der Waals surface area contributed by atoms with E-state index < -0.39 is 30.2 Å². The third-order valence-electron chi connectivity index (χ3n) is 9.58. The van der Waals surface area contributed by atoms with Crippen molar-refractivity contribution < 1.29 is 42.8 Å². The average molecular weight is 756 g/mol. The number of hydrogen-bond donors (Lipinski definition) is 1. The standard InChI is InChI=1S/C46H45NO9/c1-5-26-53-45(49)41(47-46(50)55-29-40-37-12-8-6-10-35(37)36-11-7-9-13-38(36)40)24-25-43(48)56-44(39-23-22-34(51-3)27-42(39)52-4)32-18-20-33(21-19-32)54-28-31-16-14-30(2)15-17-31/h5-23,27,40-41,44H,1,24-26,28-29H2,2-4H3,(H,47,50)/t41-,44+/m0/s1. The van der Waals surface area contributed by atoms with Crippen molar-refractivity contribution in [3.63, 3.8) is 0 Å². The molecule has 0 radical (unpaired) electrons. The van der Waals surface area contributed by atoms with E-state index in [0.717, 1.165) is 27.8 Å². The van der Waals surface area contributed by atoms with Crippen LogP contribution in [-0.2, 0) is 30.4 Å². The van der Waals surface area contributed by atoms with Crippen LogP contribution >= 0.6 is 0 Å². The van der Waals surface area contributed by atoms with Crippen molar-refractivity contribution in [1.82, 2.24) is 5.32 Å². The van der Waals surface area contributed by atoms with Crippen LogP contribution in [0, 0.1) is 6.92 Å². The summed E-state index contributed by atoms with van der Waals surface area (Å²) in [6.07, 6.45) is -0.633. The summed E-state index contributed by atoms with van der Waals surface area (Å²) in [5.74, 6) is 0.126. The lowest BCUT2D eigenvalue weighted by molar-refractivity contribution is -0.149. The second-order valence-electron chi connectivity index (χ2n) is 13.3. The van der Waals surface area contributed by atoms with Crippen molar-refractivity contribution in [1.29, 1.82) is 0 Å². The van der Waals surface area contributed by atoms with Gasteiger partial charge < -0.3 is 33.7 Å². The zero-order valence-electron chi connectivity index (χ0n) is 31.7. The molecular formula is C46H45NO9. The summed E-state index contributed by atoms with van der Waals surface area (Å²) in [6.45, 7) is 6.00. The molecule has 0 saturated carbocycles. The van der Waals surface area contributed by atoms with E-state index >= 15 is 0 Å². The Morgan fingerprint density at radius 2 is 1.45 bits per heavy atom. The number of fused-ring (bicyclic) bond motifs is 3. The van der Waals surface area contributed by atoms with E-state index in [-0.39, 0.29) is 32.0 Å². The maximum Gasteiger partial charge on any atom is 0.407 e. The highest BCUT2D eigenvalue weighted by Gasteiger charge is 2.31. The summed E-state index contributed by atoms with van der Waals surface area (Å²) in [6, 6.07) is 35.4. The Hall–Kier alpha value is -6.55.